The number of anilines is 1. The predicted octanol–water partition coefficient (Wildman–Crippen LogP) is -3.36. The van der Waals surface area contributed by atoms with Gasteiger partial charge < -0.3 is 56.0 Å². The molecule has 2 aliphatic rings. The number of hydrogen-bond acceptors (Lipinski definition) is 18. The maximum absolute atomic E-state index is 12.7. The Morgan fingerprint density at radius 1 is 0.889 bits per heavy atom. The standard InChI is InChI=1S/C22H36N10O5.2CHF3O3S.Zn/c23-19-15-20(29-12-28-19)32(13-30-15)22-17(35)16(34)18(37-22)21(36)27-3-1-2-14(33)31-10-8-25-6-4-24-5-7-26-9-11-31;2*2-1(3,4)8(5,6)7;/h12-13,16-18,22,24-26,34-35H,1-11H2,(H,27,36)(H2,23,28,29);2*(H,5,6,7);/q;;;+2/p-2/t16-,17+,18-,22+;;;/m0.../s1. The smallest absolute Gasteiger partial charge is 0.741 e. The molecule has 4 atom stereocenters. The molecule has 2 amide bonds. The first-order valence-corrected chi connectivity index (χ1v) is 18.0. The number of carbonyl (C=O) groups excluding carboxylic acids is 2. The monoisotopic (exact) mass is 882 g/mol. The van der Waals surface area contributed by atoms with E-state index < -0.39 is 61.7 Å². The second-order valence-corrected chi connectivity index (χ2v) is 13.6. The molecule has 21 nitrogen and oxygen atoms in total. The quantitative estimate of drug-likeness (QED) is 0.0490. The molecule has 0 saturated carbocycles. The third kappa shape index (κ3) is 15.0. The molecule has 2 aromatic heterocycles. The van der Waals surface area contributed by atoms with E-state index >= 15 is 0 Å². The minimum atomic E-state index is -6.09. The molecular formula is C24H36F6N10O11S2Zn. The Labute approximate surface area is 316 Å². The van der Waals surface area contributed by atoms with Crippen LogP contribution in [0.5, 0.6) is 0 Å². The number of hydrogen-bond donors (Lipinski definition) is 7. The number of alkyl halides is 6. The molecule has 304 valence electrons. The van der Waals surface area contributed by atoms with E-state index in [1.807, 2.05) is 4.90 Å². The number of nitrogen functional groups attached to an aromatic ring is 1. The van der Waals surface area contributed by atoms with Gasteiger partial charge in [-0.15, -0.1) is 0 Å². The molecule has 8 N–H and O–H groups in total. The Balaban J connectivity index is 0.000000717. The van der Waals surface area contributed by atoms with Gasteiger partial charge in [-0.25, -0.2) is 31.8 Å². The molecular weight excluding hydrogens is 848 g/mol. The number of nitrogens with zero attached hydrogens (tertiary/aromatic N) is 5. The maximum atomic E-state index is 12.7. The van der Waals surface area contributed by atoms with Crippen LogP contribution in [-0.4, -0.2) is 161 Å². The van der Waals surface area contributed by atoms with Gasteiger partial charge in [0.05, 0.1) is 6.33 Å². The first kappa shape index (κ1) is 49.1. The summed E-state index contributed by atoms with van der Waals surface area (Å²) in [7, 11) is -12.2. The fraction of sp³-hybridized carbons (Fsp3) is 0.708. The van der Waals surface area contributed by atoms with Gasteiger partial charge in [0.2, 0.25) is 5.91 Å². The molecule has 54 heavy (non-hydrogen) atoms. The summed E-state index contributed by atoms with van der Waals surface area (Å²) in [5.74, 6) is -0.388. The van der Waals surface area contributed by atoms with Crippen molar-refractivity contribution in [2.45, 2.75) is 48.4 Å². The average Bonchev–Trinajstić information content (AvgIpc) is 3.59. The van der Waals surface area contributed by atoms with Crippen LogP contribution in [0.25, 0.3) is 11.2 Å². The van der Waals surface area contributed by atoms with Crippen LogP contribution in [0.15, 0.2) is 12.7 Å². The van der Waals surface area contributed by atoms with Crippen molar-refractivity contribution in [2.75, 3.05) is 64.6 Å². The average molecular weight is 884 g/mol. The van der Waals surface area contributed by atoms with Gasteiger partial charge in [0.25, 0.3) is 5.91 Å². The van der Waals surface area contributed by atoms with E-state index in [2.05, 4.69) is 36.2 Å². The van der Waals surface area contributed by atoms with Crippen molar-refractivity contribution in [3.8, 4) is 0 Å². The number of imidazole rings is 1. The number of carbonyl (C=O) groups is 2. The SMILES string of the molecule is Nc1ncnc2c1ncn2[C@@H]1O[C@H](C(=O)NCCCC(=O)N2CCNCCNCCNCC2)[C@@H](O)[C@H]1O.O=S(=O)([O-])C(F)(F)F.O=S(=O)([O-])C(F)(F)F.[Zn+2]. The third-order valence-electron chi connectivity index (χ3n) is 7.02. The van der Waals surface area contributed by atoms with Crippen molar-refractivity contribution >= 4 is 49.0 Å². The van der Waals surface area contributed by atoms with Gasteiger partial charge in [0.1, 0.15) is 24.1 Å². The zero-order valence-corrected chi connectivity index (χ0v) is 32.5. The summed E-state index contributed by atoms with van der Waals surface area (Å²) in [6.45, 7) is 6.36. The van der Waals surface area contributed by atoms with Crippen molar-refractivity contribution in [1.82, 2.24) is 45.7 Å². The van der Waals surface area contributed by atoms with Gasteiger partial charge in [-0.3, -0.25) is 14.2 Å². The number of ether oxygens (including phenoxy) is 1. The second-order valence-electron chi connectivity index (χ2n) is 10.8. The van der Waals surface area contributed by atoms with Gasteiger partial charge in [0.15, 0.2) is 44.0 Å². The van der Waals surface area contributed by atoms with Gasteiger partial charge >= 0.3 is 30.5 Å². The number of amides is 2. The third-order valence-corrected chi connectivity index (χ3v) is 8.15. The van der Waals surface area contributed by atoms with Crippen LogP contribution in [0, 0.1) is 0 Å². The van der Waals surface area contributed by atoms with Crippen LogP contribution < -0.4 is 27.0 Å². The Bertz CT molecular complexity index is 1670. The fourth-order valence-electron chi connectivity index (χ4n) is 4.39. The van der Waals surface area contributed by atoms with Crippen LogP contribution >= 0.6 is 0 Å². The van der Waals surface area contributed by atoms with E-state index in [0.29, 0.717) is 30.7 Å². The van der Waals surface area contributed by atoms with E-state index in [1.165, 1.54) is 17.2 Å². The molecule has 0 spiro atoms. The molecule has 2 saturated heterocycles. The van der Waals surface area contributed by atoms with Gasteiger partial charge in [-0.1, -0.05) is 0 Å². The summed E-state index contributed by atoms with van der Waals surface area (Å²) in [6, 6.07) is 0. The number of halogens is 6. The normalized spacial score (nSPS) is 21.9. The molecule has 30 heteroatoms. The molecule has 2 aliphatic heterocycles. The molecule has 2 fully saturated rings. The van der Waals surface area contributed by atoms with E-state index in [4.69, 9.17) is 36.4 Å². The number of rotatable bonds is 6. The van der Waals surface area contributed by atoms with Crippen molar-refractivity contribution < 1.29 is 96.3 Å². The van der Waals surface area contributed by atoms with Gasteiger partial charge in [0, 0.05) is 65.3 Å². The number of aliphatic hydroxyl groups is 2. The summed E-state index contributed by atoms with van der Waals surface area (Å²) in [5.41, 5.74) is -4.85. The first-order chi connectivity index (χ1) is 24.5. The largest absolute Gasteiger partial charge is 2.00 e. The minimum absolute atomic E-state index is 0. The van der Waals surface area contributed by atoms with Crippen molar-refractivity contribution in [3.63, 3.8) is 0 Å². The van der Waals surface area contributed by atoms with E-state index in [-0.39, 0.29) is 44.2 Å². The maximum Gasteiger partial charge on any atom is 2.00 e. The van der Waals surface area contributed by atoms with Crippen LogP contribution in [0.1, 0.15) is 19.1 Å². The summed E-state index contributed by atoms with van der Waals surface area (Å²) in [4.78, 5) is 39.4. The predicted molar refractivity (Wildman–Crippen MR) is 165 cm³/mol. The summed E-state index contributed by atoms with van der Waals surface area (Å²) >= 11 is 0. The molecule has 0 unspecified atom stereocenters. The fourth-order valence-corrected chi connectivity index (χ4v) is 4.39. The molecule has 4 heterocycles. The number of nitrogens with two attached hydrogens (primary N) is 1. The first-order valence-electron chi connectivity index (χ1n) is 15.1. The number of fused-ring (bicyclic) bond motifs is 1. The van der Waals surface area contributed by atoms with Crippen LogP contribution in [-0.2, 0) is 54.0 Å². The van der Waals surface area contributed by atoms with Crippen LogP contribution in [0.3, 0.4) is 0 Å². The van der Waals surface area contributed by atoms with Crippen molar-refractivity contribution in [1.29, 1.82) is 0 Å². The van der Waals surface area contributed by atoms with Crippen molar-refractivity contribution in [2.24, 2.45) is 0 Å². The molecule has 2 aromatic rings. The zero-order chi connectivity index (χ0) is 40.2. The van der Waals surface area contributed by atoms with Crippen molar-refractivity contribution in [3.05, 3.63) is 12.7 Å². The summed E-state index contributed by atoms with van der Waals surface area (Å²) < 4.78 is 125. The van der Waals surface area contributed by atoms with Gasteiger partial charge in [-0.2, -0.15) is 26.3 Å². The Kier molecular flexibility index (Phi) is 19.5. The molecule has 0 aromatic carbocycles. The topological polar surface area (TPSA) is 319 Å². The second kappa shape index (κ2) is 21.4. The summed E-state index contributed by atoms with van der Waals surface area (Å²) in [6.07, 6.45) is -1.90. The van der Waals surface area contributed by atoms with Crippen LogP contribution in [0.2, 0.25) is 0 Å². The van der Waals surface area contributed by atoms with Gasteiger partial charge in [-0.05, 0) is 6.42 Å². The Morgan fingerprint density at radius 3 is 1.85 bits per heavy atom. The molecule has 4 rings (SSSR count). The number of nitrogens with one attached hydrogen (secondary N) is 4. The van der Waals surface area contributed by atoms with E-state index in [0.717, 1.165) is 39.3 Å². The number of aromatic nitrogens is 4. The van der Waals surface area contributed by atoms with E-state index in [1.54, 1.807) is 0 Å². The van der Waals surface area contributed by atoms with Crippen LogP contribution in [0.4, 0.5) is 32.2 Å². The molecule has 0 bridgehead atoms. The Hall–Kier alpha value is -2.93. The minimum Gasteiger partial charge on any atom is -0.741 e. The number of aliphatic hydroxyl groups excluding tert-OH is 2. The zero-order valence-electron chi connectivity index (χ0n) is 27.9. The molecule has 0 aliphatic carbocycles. The van der Waals surface area contributed by atoms with E-state index in [9.17, 15) is 46.1 Å². The summed E-state index contributed by atoms with van der Waals surface area (Å²) in [5, 5.41) is 33.7. The Morgan fingerprint density at radius 2 is 1.37 bits per heavy atom. The molecule has 0 radical (unpaired) electrons.